The molecule has 0 aromatic carbocycles. The van der Waals surface area contributed by atoms with Gasteiger partial charge in [0.25, 0.3) is 0 Å². The third-order valence-electron chi connectivity index (χ3n) is 1.50. The van der Waals surface area contributed by atoms with Crippen LogP contribution in [0, 0.1) is 0 Å². The molecule has 0 bridgehead atoms. The van der Waals surface area contributed by atoms with E-state index in [0.717, 1.165) is 6.29 Å². The molecule has 0 radical (unpaired) electrons. The van der Waals surface area contributed by atoms with Gasteiger partial charge in [0.2, 0.25) is 5.91 Å². The molecule has 0 unspecified atom stereocenters. The first-order valence-corrected chi connectivity index (χ1v) is 3.57. The molecular formula is C7H14N2O2. The summed E-state index contributed by atoms with van der Waals surface area (Å²) in [5, 5.41) is 5.27. The van der Waals surface area contributed by atoms with Crippen molar-refractivity contribution in [2.24, 2.45) is 0 Å². The third-order valence-corrected chi connectivity index (χ3v) is 1.50. The molecule has 4 nitrogen and oxygen atoms in total. The van der Waals surface area contributed by atoms with Crippen molar-refractivity contribution in [2.75, 3.05) is 14.1 Å². The van der Waals surface area contributed by atoms with E-state index in [0.29, 0.717) is 12.8 Å². The number of aldehydes is 1. The van der Waals surface area contributed by atoms with E-state index in [4.69, 9.17) is 0 Å². The molecule has 0 rings (SSSR count). The first-order valence-electron chi connectivity index (χ1n) is 3.57. The van der Waals surface area contributed by atoms with Crippen molar-refractivity contribution in [1.29, 1.82) is 0 Å². The summed E-state index contributed by atoms with van der Waals surface area (Å²) >= 11 is 0. The van der Waals surface area contributed by atoms with E-state index in [1.165, 1.54) is 0 Å². The molecule has 0 saturated heterocycles. The Morgan fingerprint density at radius 2 is 2.18 bits per heavy atom. The Balaban J connectivity index is 3.50. The van der Waals surface area contributed by atoms with Gasteiger partial charge < -0.3 is 15.4 Å². The second-order valence-corrected chi connectivity index (χ2v) is 2.24. The summed E-state index contributed by atoms with van der Waals surface area (Å²) in [6.07, 6.45) is 1.75. The van der Waals surface area contributed by atoms with E-state index in [-0.39, 0.29) is 11.9 Å². The predicted octanol–water partition coefficient (Wildman–Crippen LogP) is -0.701. The third kappa shape index (κ3) is 4.50. The van der Waals surface area contributed by atoms with Gasteiger partial charge in [-0.05, 0) is 13.5 Å². The molecular weight excluding hydrogens is 144 g/mol. The SMILES string of the molecule is CNC(=O)CC[C@@H](C=O)NC. The molecule has 2 N–H and O–H groups in total. The standard InChI is InChI=1S/C7H14N2O2/c1-8-6(5-10)3-4-7(11)9-2/h5-6,8H,3-4H2,1-2H3,(H,9,11)/t6-/m0/s1. The fraction of sp³-hybridized carbons (Fsp3) is 0.714. The lowest BCUT2D eigenvalue weighted by molar-refractivity contribution is -0.120. The molecule has 0 saturated carbocycles. The topological polar surface area (TPSA) is 58.2 Å². The maximum Gasteiger partial charge on any atom is 0.219 e. The molecule has 1 amide bonds. The average molecular weight is 158 g/mol. The number of hydrogen-bond acceptors (Lipinski definition) is 3. The molecule has 1 atom stereocenters. The number of rotatable bonds is 5. The fourth-order valence-electron chi connectivity index (χ4n) is 0.692. The highest BCUT2D eigenvalue weighted by Crippen LogP contribution is 1.92. The van der Waals surface area contributed by atoms with Gasteiger partial charge >= 0.3 is 0 Å². The second-order valence-electron chi connectivity index (χ2n) is 2.24. The number of carbonyl (C=O) groups excluding carboxylic acids is 2. The maximum atomic E-state index is 10.7. The number of hydrogen-bond donors (Lipinski definition) is 2. The van der Waals surface area contributed by atoms with Crippen LogP contribution in [0.25, 0.3) is 0 Å². The van der Waals surface area contributed by atoms with E-state index < -0.39 is 0 Å². The van der Waals surface area contributed by atoms with Crippen LogP contribution in [-0.2, 0) is 9.59 Å². The Bertz CT molecular complexity index is 136. The van der Waals surface area contributed by atoms with Gasteiger partial charge in [-0.3, -0.25) is 4.79 Å². The van der Waals surface area contributed by atoms with Crippen LogP contribution in [0.2, 0.25) is 0 Å². The lowest BCUT2D eigenvalue weighted by atomic mass is 10.2. The Labute approximate surface area is 66.4 Å². The summed E-state index contributed by atoms with van der Waals surface area (Å²) < 4.78 is 0. The number of amides is 1. The van der Waals surface area contributed by atoms with E-state index in [1.807, 2.05) is 0 Å². The first kappa shape index (κ1) is 10.1. The molecule has 0 aromatic heterocycles. The first-order chi connectivity index (χ1) is 5.24. The highest BCUT2D eigenvalue weighted by Gasteiger charge is 2.05. The molecule has 64 valence electrons. The minimum absolute atomic E-state index is 0.0351. The number of carbonyl (C=O) groups is 2. The van der Waals surface area contributed by atoms with Crippen molar-refractivity contribution in [3.63, 3.8) is 0 Å². The zero-order valence-corrected chi connectivity index (χ0v) is 6.89. The summed E-state index contributed by atoms with van der Waals surface area (Å²) in [4.78, 5) is 20.9. The Kier molecular flexibility index (Phi) is 5.37. The van der Waals surface area contributed by atoms with Crippen LogP contribution in [0.3, 0.4) is 0 Å². The zero-order valence-electron chi connectivity index (χ0n) is 6.89. The molecule has 0 aliphatic heterocycles. The molecule has 0 aliphatic carbocycles. The van der Waals surface area contributed by atoms with Crippen molar-refractivity contribution < 1.29 is 9.59 Å². The fourth-order valence-corrected chi connectivity index (χ4v) is 0.692. The van der Waals surface area contributed by atoms with Gasteiger partial charge in [-0.1, -0.05) is 0 Å². The highest BCUT2D eigenvalue weighted by molar-refractivity contribution is 5.76. The van der Waals surface area contributed by atoms with Crippen molar-refractivity contribution >= 4 is 12.2 Å². The van der Waals surface area contributed by atoms with E-state index in [9.17, 15) is 9.59 Å². The maximum absolute atomic E-state index is 10.7. The van der Waals surface area contributed by atoms with Crippen LogP contribution in [0.4, 0.5) is 0 Å². The highest BCUT2D eigenvalue weighted by atomic mass is 16.1. The van der Waals surface area contributed by atoms with Crippen molar-refractivity contribution in [2.45, 2.75) is 18.9 Å². The Hall–Kier alpha value is -0.900. The molecule has 0 heterocycles. The minimum atomic E-state index is -0.202. The summed E-state index contributed by atoms with van der Waals surface area (Å²) in [6, 6.07) is -0.202. The van der Waals surface area contributed by atoms with Crippen LogP contribution in [0.5, 0.6) is 0 Å². The van der Waals surface area contributed by atoms with Crippen molar-refractivity contribution in [3.8, 4) is 0 Å². The second kappa shape index (κ2) is 5.85. The largest absolute Gasteiger partial charge is 0.359 e. The van der Waals surface area contributed by atoms with Gasteiger partial charge in [0.15, 0.2) is 0 Å². The number of nitrogens with one attached hydrogen (secondary N) is 2. The molecule has 0 aromatic rings. The quantitative estimate of drug-likeness (QED) is 0.520. The van der Waals surface area contributed by atoms with Crippen molar-refractivity contribution in [3.05, 3.63) is 0 Å². The van der Waals surface area contributed by atoms with Gasteiger partial charge in [0.1, 0.15) is 6.29 Å². The van der Waals surface area contributed by atoms with Crippen molar-refractivity contribution in [1.82, 2.24) is 10.6 Å². The lowest BCUT2D eigenvalue weighted by Gasteiger charge is -2.06. The van der Waals surface area contributed by atoms with Gasteiger partial charge in [-0.25, -0.2) is 0 Å². The van der Waals surface area contributed by atoms with E-state index in [1.54, 1.807) is 14.1 Å². The summed E-state index contributed by atoms with van der Waals surface area (Å²) in [7, 11) is 3.28. The summed E-state index contributed by atoms with van der Waals surface area (Å²) in [6.45, 7) is 0. The summed E-state index contributed by atoms with van der Waals surface area (Å²) in [5.41, 5.74) is 0. The normalized spacial score (nSPS) is 12.2. The van der Waals surface area contributed by atoms with Crippen LogP contribution < -0.4 is 10.6 Å². The smallest absolute Gasteiger partial charge is 0.219 e. The predicted molar refractivity (Wildman–Crippen MR) is 42.2 cm³/mol. The van der Waals surface area contributed by atoms with E-state index >= 15 is 0 Å². The van der Waals surface area contributed by atoms with Gasteiger partial charge in [-0.2, -0.15) is 0 Å². The minimum Gasteiger partial charge on any atom is -0.359 e. The van der Waals surface area contributed by atoms with E-state index in [2.05, 4.69) is 10.6 Å². The molecule has 4 heteroatoms. The molecule has 0 aliphatic rings. The zero-order chi connectivity index (χ0) is 8.69. The number of likely N-dealkylation sites (N-methyl/N-ethyl adjacent to an activating group) is 1. The van der Waals surface area contributed by atoms with Crippen LogP contribution in [0.1, 0.15) is 12.8 Å². The van der Waals surface area contributed by atoms with Crippen LogP contribution >= 0.6 is 0 Å². The molecule has 11 heavy (non-hydrogen) atoms. The lowest BCUT2D eigenvalue weighted by Crippen LogP contribution is -2.29. The van der Waals surface area contributed by atoms with Gasteiger partial charge in [-0.15, -0.1) is 0 Å². The van der Waals surface area contributed by atoms with Gasteiger partial charge in [0.05, 0.1) is 6.04 Å². The van der Waals surface area contributed by atoms with Crippen LogP contribution in [0.15, 0.2) is 0 Å². The van der Waals surface area contributed by atoms with Gasteiger partial charge in [0, 0.05) is 13.5 Å². The monoisotopic (exact) mass is 158 g/mol. The molecule has 0 spiro atoms. The Morgan fingerprint density at radius 3 is 2.55 bits per heavy atom. The van der Waals surface area contributed by atoms with Crippen LogP contribution in [-0.4, -0.2) is 32.3 Å². The molecule has 0 fully saturated rings. The Morgan fingerprint density at radius 1 is 1.55 bits per heavy atom. The average Bonchev–Trinajstić information content (AvgIpc) is 2.06. The summed E-state index contributed by atoms with van der Waals surface area (Å²) in [5.74, 6) is -0.0351.